The number of likely N-dealkylation sites (N-methyl/N-ethyl adjacent to an activating group) is 1. The average Bonchev–Trinajstić information content (AvgIpc) is 2.02. The maximum Gasteiger partial charge on any atom is 0.183 e. The number of quaternary nitrogens is 1. The van der Waals surface area contributed by atoms with Gasteiger partial charge in [-0.1, -0.05) is 30.3 Å². The molecule has 0 aliphatic heterocycles. The number of nitrogens with zero attached hydrogens (tertiary/aromatic N) is 1. The highest BCUT2D eigenvalue weighted by Crippen LogP contribution is 2.08. The largest absolute Gasteiger partial charge is 1.00 e. The van der Waals surface area contributed by atoms with E-state index in [1.54, 1.807) is 6.92 Å². The first kappa shape index (κ1) is 14.3. The number of ketones is 1. The molecular weight excluding hydrogens is 254 g/mol. The lowest BCUT2D eigenvalue weighted by Gasteiger charge is -2.28. The van der Waals surface area contributed by atoms with E-state index >= 15 is 0 Å². The predicted molar refractivity (Wildman–Crippen MR) is 57.8 cm³/mol. The molecule has 15 heavy (non-hydrogen) atoms. The van der Waals surface area contributed by atoms with E-state index in [1.165, 1.54) is 5.56 Å². The quantitative estimate of drug-likeness (QED) is 0.633. The second-order valence-corrected chi connectivity index (χ2v) is 4.44. The molecular formula is C12H18BrNO. The molecule has 0 heterocycles. The molecule has 84 valence electrons. The van der Waals surface area contributed by atoms with Crippen molar-refractivity contribution < 1.29 is 26.3 Å². The number of Topliss-reactive ketones (excluding diaryl/α,β-unsaturated/α-hetero) is 1. The van der Waals surface area contributed by atoms with E-state index in [1.807, 2.05) is 18.2 Å². The minimum Gasteiger partial charge on any atom is -1.00 e. The summed E-state index contributed by atoms with van der Waals surface area (Å²) < 4.78 is 0.722. The zero-order chi connectivity index (χ0) is 10.6. The highest BCUT2D eigenvalue weighted by atomic mass is 79.9. The molecule has 1 rings (SSSR count). The van der Waals surface area contributed by atoms with Gasteiger partial charge in [0.1, 0.15) is 13.1 Å². The molecule has 0 saturated carbocycles. The number of hydrogen-bond donors (Lipinski definition) is 0. The van der Waals surface area contributed by atoms with Gasteiger partial charge >= 0.3 is 0 Å². The third-order valence-electron chi connectivity index (χ3n) is 2.10. The van der Waals surface area contributed by atoms with Gasteiger partial charge in [-0.2, -0.15) is 0 Å². The molecule has 0 atom stereocenters. The highest BCUT2D eigenvalue weighted by molar-refractivity contribution is 5.76. The predicted octanol–water partition coefficient (Wildman–Crippen LogP) is -1.14. The molecule has 0 bridgehead atoms. The van der Waals surface area contributed by atoms with Crippen molar-refractivity contribution in [2.24, 2.45) is 0 Å². The molecule has 0 aliphatic carbocycles. The molecule has 0 spiro atoms. The van der Waals surface area contributed by atoms with Gasteiger partial charge in [0.15, 0.2) is 5.78 Å². The van der Waals surface area contributed by atoms with Crippen molar-refractivity contribution in [3.05, 3.63) is 35.9 Å². The Labute approximate surface area is 102 Å². The summed E-state index contributed by atoms with van der Waals surface area (Å²) >= 11 is 0. The van der Waals surface area contributed by atoms with E-state index in [0.717, 1.165) is 11.0 Å². The molecule has 0 N–H and O–H groups in total. The molecule has 0 fully saturated rings. The van der Waals surface area contributed by atoms with Crippen LogP contribution in [0, 0.1) is 0 Å². The van der Waals surface area contributed by atoms with E-state index in [2.05, 4.69) is 26.2 Å². The third-order valence-corrected chi connectivity index (χ3v) is 2.10. The van der Waals surface area contributed by atoms with Crippen molar-refractivity contribution in [1.29, 1.82) is 0 Å². The molecule has 1 aromatic rings. The first-order valence-corrected chi connectivity index (χ1v) is 4.85. The maximum atomic E-state index is 11.0. The van der Waals surface area contributed by atoms with Crippen LogP contribution in [0.2, 0.25) is 0 Å². The van der Waals surface area contributed by atoms with Gasteiger partial charge in [-0.3, -0.25) is 4.79 Å². The third kappa shape index (κ3) is 5.70. The van der Waals surface area contributed by atoms with Crippen LogP contribution >= 0.6 is 0 Å². The smallest absolute Gasteiger partial charge is 0.183 e. The van der Waals surface area contributed by atoms with Crippen LogP contribution in [0.5, 0.6) is 0 Å². The summed E-state index contributed by atoms with van der Waals surface area (Å²) in [4.78, 5) is 11.0. The van der Waals surface area contributed by atoms with E-state index in [4.69, 9.17) is 0 Å². The lowest BCUT2D eigenvalue weighted by Crippen LogP contribution is -3.00. The molecule has 0 amide bonds. The number of carbonyl (C=O) groups is 1. The summed E-state index contributed by atoms with van der Waals surface area (Å²) in [5.41, 5.74) is 1.28. The van der Waals surface area contributed by atoms with Crippen LogP contribution < -0.4 is 17.0 Å². The molecule has 3 heteroatoms. The van der Waals surface area contributed by atoms with Crippen molar-refractivity contribution >= 4 is 5.78 Å². The molecule has 0 unspecified atom stereocenters. The number of hydrogen-bond acceptors (Lipinski definition) is 1. The molecule has 1 aromatic carbocycles. The van der Waals surface area contributed by atoms with E-state index in [0.29, 0.717) is 6.54 Å². The lowest BCUT2D eigenvalue weighted by molar-refractivity contribution is -0.895. The van der Waals surface area contributed by atoms with Crippen molar-refractivity contribution in [2.75, 3.05) is 20.6 Å². The van der Waals surface area contributed by atoms with Crippen molar-refractivity contribution in [3.63, 3.8) is 0 Å². The molecule has 0 aromatic heterocycles. The van der Waals surface area contributed by atoms with Crippen molar-refractivity contribution in [3.8, 4) is 0 Å². The summed E-state index contributed by atoms with van der Waals surface area (Å²) in [6, 6.07) is 10.3. The summed E-state index contributed by atoms with van der Waals surface area (Å²) in [5.74, 6) is 0.242. The minimum absolute atomic E-state index is 0. The normalized spacial score (nSPS) is 10.6. The Morgan fingerprint density at radius 3 is 2.20 bits per heavy atom. The van der Waals surface area contributed by atoms with Gasteiger partial charge in [-0.25, -0.2) is 0 Å². The SMILES string of the molecule is CC(=O)C[N+](C)(C)Cc1ccccc1.[Br-]. The molecule has 0 aliphatic rings. The Hall–Kier alpha value is -0.670. The van der Waals surface area contributed by atoms with Gasteiger partial charge < -0.3 is 21.5 Å². The first-order valence-electron chi connectivity index (χ1n) is 4.85. The van der Waals surface area contributed by atoms with Crippen LogP contribution in [0.25, 0.3) is 0 Å². The number of benzene rings is 1. The van der Waals surface area contributed by atoms with Gasteiger partial charge in [0.05, 0.1) is 14.1 Å². The Bertz CT molecular complexity index is 309. The number of rotatable bonds is 4. The monoisotopic (exact) mass is 271 g/mol. The summed E-state index contributed by atoms with van der Waals surface area (Å²) in [6.07, 6.45) is 0. The minimum atomic E-state index is 0. The van der Waals surface area contributed by atoms with Gasteiger partial charge in [-0.15, -0.1) is 0 Å². The maximum absolute atomic E-state index is 11.0. The van der Waals surface area contributed by atoms with Crippen LogP contribution in [-0.4, -0.2) is 30.9 Å². The number of carbonyl (C=O) groups excluding carboxylic acids is 1. The fourth-order valence-electron chi connectivity index (χ4n) is 1.74. The van der Waals surface area contributed by atoms with Crippen LogP contribution in [0.3, 0.4) is 0 Å². The number of halogens is 1. The van der Waals surface area contributed by atoms with Gasteiger partial charge in [0, 0.05) is 12.5 Å². The first-order chi connectivity index (χ1) is 6.49. The average molecular weight is 272 g/mol. The topological polar surface area (TPSA) is 17.1 Å². The Morgan fingerprint density at radius 1 is 1.20 bits per heavy atom. The molecule has 0 radical (unpaired) electrons. The van der Waals surface area contributed by atoms with E-state index < -0.39 is 0 Å². The van der Waals surface area contributed by atoms with Gasteiger partial charge in [0.25, 0.3) is 0 Å². The van der Waals surface area contributed by atoms with Crippen LogP contribution in [0.4, 0.5) is 0 Å². The second kappa shape index (κ2) is 6.03. The standard InChI is InChI=1S/C12H18NO.BrH/c1-11(14)9-13(2,3)10-12-7-5-4-6-8-12;/h4-8H,9-10H2,1-3H3;1H/q+1;/p-1. The van der Waals surface area contributed by atoms with Gasteiger partial charge in [0.2, 0.25) is 0 Å². The highest BCUT2D eigenvalue weighted by Gasteiger charge is 2.17. The zero-order valence-electron chi connectivity index (χ0n) is 9.53. The fourth-order valence-corrected chi connectivity index (χ4v) is 1.74. The Morgan fingerprint density at radius 2 is 1.73 bits per heavy atom. The van der Waals surface area contributed by atoms with Crippen LogP contribution in [0.15, 0.2) is 30.3 Å². The second-order valence-electron chi connectivity index (χ2n) is 4.44. The van der Waals surface area contributed by atoms with E-state index in [-0.39, 0.29) is 22.8 Å². The van der Waals surface area contributed by atoms with Crippen LogP contribution in [0.1, 0.15) is 12.5 Å². The summed E-state index contributed by atoms with van der Waals surface area (Å²) in [5, 5.41) is 0. The van der Waals surface area contributed by atoms with E-state index in [9.17, 15) is 4.79 Å². The molecule has 2 nitrogen and oxygen atoms in total. The zero-order valence-corrected chi connectivity index (χ0v) is 11.1. The fraction of sp³-hybridized carbons (Fsp3) is 0.417. The Kier molecular flexibility index (Phi) is 5.76. The summed E-state index contributed by atoms with van der Waals surface area (Å²) in [7, 11) is 4.16. The van der Waals surface area contributed by atoms with Crippen molar-refractivity contribution in [1.82, 2.24) is 0 Å². The lowest BCUT2D eigenvalue weighted by atomic mass is 10.2. The van der Waals surface area contributed by atoms with Gasteiger partial charge in [-0.05, 0) is 0 Å². The molecule has 0 saturated heterocycles. The van der Waals surface area contributed by atoms with Crippen LogP contribution in [-0.2, 0) is 11.3 Å². The van der Waals surface area contributed by atoms with Crippen molar-refractivity contribution in [2.45, 2.75) is 13.5 Å². The Balaban J connectivity index is 0.00000196. The summed E-state index contributed by atoms with van der Waals surface area (Å²) in [6.45, 7) is 3.14.